The molecule has 1 unspecified atom stereocenters. The second kappa shape index (κ2) is 7.27. The number of hydrogen-bond donors (Lipinski definition) is 1. The third kappa shape index (κ3) is 3.24. The maximum absolute atomic E-state index is 12.1. The van der Waals surface area contributed by atoms with E-state index in [1.165, 1.54) is 11.8 Å². The number of amides is 2. The molecule has 8 nitrogen and oxygen atoms in total. The first-order valence-electron chi connectivity index (χ1n) is 9.52. The summed E-state index contributed by atoms with van der Waals surface area (Å²) in [6.45, 7) is 5.08. The lowest BCUT2D eigenvalue weighted by atomic mass is 10.0. The fraction of sp³-hybridized carbons (Fsp3) is 0.450. The van der Waals surface area contributed by atoms with Gasteiger partial charge in [-0.15, -0.1) is 0 Å². The van der Waals surface area contributed by atoms with E-state index in [2.05, 4.69) is 5.10 Å². The Bertz CT molecular complexity index is 903. The predicted octanol–water partition coefficient (Wildman–Crippen LogP) is 3.14. The Balaban J connectivity index is 1.71. The van der Waals surface area contributed by atoms with E-state index < -0.39 is 6.09 Å². The van der Waals surface area contributed by atoms with Gasteiger partial charge in [-0.3, -0.25) is 14.4 Å². The first-order valence-corrected chi connectivity index (χ1v) is 9.52. The van der Waals surface area contributed by atoms with E-state index in [0.29, 0.717) is 17.4 Å². The van der Waals surface area contributed by atoms with E-state index >= 15 is 0 Å². The molecule has 0 radical (unpaired) electrons. The number of aromatic nitrogens is 2. The Morgan fingerprint density at radius 2 is 1.93 bits per heavy atom. The molecule has 0 saturated carbocycles. The Morgan fingerprint density at radius 1 is 1.18 bits per heavy atom. The highest BCUT2D eigenvalue weighted by molar-refractivity contribution is 6.02. The van der Waals surface area contributed by atoms with Crippen LogP contribution in [0.2, 0.25) is 0 Å². The highest BCUT2D eigenvalue weighted by Crippen LogP contribution is 2.39. The quantitative estimate of drug-likeness (QED) is 0.859. The van der Waals surface area contributed by atoms with E-state index in [9.17, 15) is 14.7 Å². The first-order chi connectivity index (χ1) is 13.5. The maximum Gasteiger partial charge on any atom is 0.411 e. The average molecular weight is 384 g/mol. The lowest BCUT2D eigenvalue weighted by molar-refractivity contribution is -0.117. The van der Waals surface area contributed by atoms with Crippen LogP contribution in [0, 0.1) is 0 Å². The molecule has 0 bridgehead atoms. The van der Waals surface area contributed by atoms with Gasteiger partial charge in [-0.05, 0) is 37.5 Å². The van der Waals surface area contributed by atoms with Crippen molar-refractivity contribution in [1.29, 1.82) is 0 Å². The molecular formula is C20H24N4O4. The third-order valence-corrected chi connectivity index (χ3v) is 5.48. The van der Waals surface area contributed by atoms with Crippen LogP contribution in [-0.4, -0.2) is 52.7 Å². The second-order valence-electron chi connectivity index (χ2n) is 7.39. The lowest BCUT2D eigenvalue weighted by Crippen LogP contribution is -2.51. The number of hydrogen-bond acceptors (Lipinski definition) is 4. The SMILES string of the molecule is CC(=O)N1c2ccc(-c3cnn(C4CCOCC4)c3)cc2N(C(=O)O)CC1C. The van der Waals surface area contributed by atoms with Gasteiger partial charge in [0.1, 0.15) is 0 Å². The van der Waals surface area contributed by atoms with Gasteiger partial charge in [0.05, 0.1) is 29.7 Å². The summed E-state index contributed by atoms with van der Waals surface area (Å²) in [6.07, 6.45) is 4.65. The van der Waals surface area contributed by atoms with Crippen LogP contribution < -0.4 is 9.80 Å². The fourth-order valence-electron chi connectivity index (χ4n) is 4.10. The molecule has 0 spiro atoms. The molecule has 1 fully saturated rings. The summed E-state index contributed by atoms with van der Waals surface area (Å²) in [5.74, 6) is -0.0983. The van der Waals surface area contributed by atoms with Crippen molar-refractivity contribution in [1.82, 2.24) is 9.78 Å². The monoisotopic (exact) mass is 384 g/mol. The van der Waals surface area contributed by atoms with Gasteiger partial charge in [0.25, 0.3) is 0 Å². The third-order valence-electron chi connectivity index (χ3n) is 5.48. The van der Waals surface area contributed by atoms with Crippen LogP contribution in [0.25, 0.3) is 11.1 Å². The van der Waals surface area contributed by atoms with Gasteiger partial charge in [0.2, 0.25) is 5.91 Å². The van der Waals surface area contributed by atoms with E-state index in [4.69, 9.17) is 4.74 Å². The van der Waals surface area contributed by atoms with Crippen molar-refractivity contribution in [3.8, 4) is 11.1 Å². The molecule has 1 saturated heterocycles. The minimum absolute atomic E-state index is 0.0983. The van der Waals surface area contributed by atoms with E-state index in [0.717, 1.165) is 37.2 Å². The molecular weight excluding hydrogens is 360 g/mol. The van der Waals surface area contributed by atoms with Crippen molar-refractivity contribution in [2.45, 2.75) is 38.8 Å². The highest BCUT2D eigenvalue weighted by Gasteiger charge is 2.33. The summed E-state index contributed by atoms with van der Waals surface area (Å²) in [5.41, 5.74) is 2.94. The fourth-order valence-corrected chi connectivity index (χ4v) is 4.10. The Kier molecular flexibility index (Phi) is 4.80. The topological polar surface area (TPSA) is 87.9 Å². The number of nitrogens with zero attached hydrogens (tertiary/aromatic N) is 4. The molecule has 0 aliphatic carbocycles. The van der Waals surface area contributed by atoms with Crippen LogP contribution in [0.4, 0.5) is 16.2 Å². The highest BCUT2D eigenvalue weighted by atomic mass is 16.5. The molecule has 2 aliphatic rings. The molecule has 2 amide bonds. The molecule has 2 aliphatic heterocycles. The molecule has 1 aromatic heterocycles. The Labute approximate surface area is 163 Å². The maximum atomic E-state index is 12.1. The summed E-state index contributed by atoms with van der Waals surface area (Å²) >= 11 is 0. The van der Waals surface area contributed by atoms with Gasteiger partial charge in [-0.25, -0.2) is 4.79 Å². The lowest BCUT2D eigenvalue weighted by Gasteiger charge is -2.39. The van der Waals surface area contributed by atoms with Crippen LogP contribution in [0.3, 0.4) is 0 Å². The number of rotatable bonds is 2. The number of fused-ring (bicyclic) bond motifs is 1. The summed E-state index contributed by atoms with van der Waals surface area (Å²) < 4.78 is 7.38. The van der Waals surface area contributed by atoms with Crippen LogP contribution in [-0.2, 0) is 9.53 Å². The van der Waals surface area contributed by atoms with Gasteiger partial charge in [0, 0.05) is 38.4 Å². The van der Waals surface area contributed by atoms with Gasteiger partial charge < -0.3 is 14.7 Å². The Morgan fingerprint density at radius 3 is 2.61 bits per heavy atom. The molecule has 8 heteroatoms. The minimum atomic E-state index is -1.02. The minimum Gasteiger partial charge on any atom is -0.465 e. The number of carbonyl (C=O) groups is 2. The van der Waals surface area contributed by atoms with Crippen LogP contribution in [0.1, 0.15) is 32.7 Å². The smallest absolute Gasteiger partial charge is 0.411 e. The second-order valence-corrected chi connectivity index (χ2v) is 7.39. The van der Waals surface area contributed by atoms with Crippen molar-refractivity contribution in [3.63, 3.8) is 0 Å². The van der Waals surface area contributed by atoms with Crippen molar-refractivity contribution in [2.75, 3.05) is 29.6 Å². The van der Waals surface area contributed by atoms with Crippen LogP contribution in [0.15, 0.2) is 30.6 Å². The Hall–Kier alpha value is -2.87. The average Bonchev–Trinajstić information content (AvgIpc) is 3.17. The first kappa shape index (κ1) is 18.5. The van der Waals surface area contributed by atoms with E-state index in [1.807, 2.05) is 36.0 Å². The molecule has 148 valence electrons. The molecule has 1 aromatic carbocycles. The summed E-state index contributed by atoms with van der Waals surface area (Å²) in [4.78, 5) is 26.9. The zero-order valence-electron chi connectivity index (χ0n) is 16.0. The van der Waals surface area contributed by atoms with Gasteiger partial charge in [0.15, 0.2) is 0 Å². The zero-order valence-corrected chi connectivity index (χ0v) is 16.0. The number of benzene rings is 1. The van der Waals surface area contributed by atoms with E-state index in [-0.39, 0.29) is 18.5 Å². The van der Waals surface area contributed by atoms with Crippen LogP contribution in [0.5, 0.6) is 0 Å². The zero-order chi connectivity index (χ0) is 19.8. The molecule has 3 heterocycles. The number of carbonyl (C=O) groups excluding carboxylic acids is 1. The number of carboxylic acid groups (broad SMARTS) is 1. The number of anilines is 2. The molecule has 4 rings (SSSR count). The molecule has 1 atom stereocenters. The van der Waals surface area contributed by atoms with Gasteiger partial charge in [-0.1, -0.05) is 6.07 Å². The summed E-state index contributed by atoms with van der Waals surface area (Å²) in [7, 11) is 0. The van der Waals surface area contributed by atoms with Crippen LogP contribution >= 0.6 is 0 Å². The molecule has 2 aromatic rings. The largest absolute Gasteiger partial charge is 0.465 e. The van der Waals surface area contributed by atoms with Gasteiger partial charge in [-0.2, -0.15) is 5.10 Å². The van der Waals surface area contributed by atoms with Crippen molar-refractivity contribution >= 4 is 23.4 Å². The molecule has 28 heavy (non-hydrogen) atoms. The van der Waals surface area contributed by atoms with Gasteiger partial charge >= 0.3 is 6.09 Å². The van der Waals surface area contributed by atoms with Crippen molar-refractivity contribution < 1.29 is 19.4 Å². The number of ether oxygens (including phenoxy) is 1. The predicted molar refractivity (Wildman–Crippen MR) is 105 cm³/mol. The van der Waals surface area contributed by atoms with Crippen molar-refractivity contribution in [2.24, 2.45) is 0 Å². The van der Waals surface area contributed by atoms with E-state index in [1.54, 1.807) is 11.1 Å². The standard InChI is InChI=1S/C20H24N4O4/c1-13-11-22(20(26)27)19-9-15(3-4-18(19)24(13)14(2)25)16-10-21-23(12-16)17-5-7-28-8-6-17/h3-4,9-10,12-13,17H,5-8,11H2,1-2H3,(H,26,27). The normalized spacial score (nSPS) is 20.1. The molecule has 1 N–H and O–H groups in total. The van der Waals surface area contributed by atoms with Crippen molar-refractivity contribution in [3.05, 3.63) is 30.6 Å². The summed E-state index contributed by atoms with van der Waals surface area (Å²) in [6, 6.07) is 5.67. The summed E-state index contributed by atoms with van der Waals surface area (Å²) in [5, 5.41) is 14.2.